The van der Waals surface area contributed by atoms with E-state index in [2.05, 4.69) is 0 Å². The Kier molecular flexibility index (Phi) is 6.36. The van der Waals surface area contributed by atoms with Crippen LogP contribution in [0.3, 0.4) is 0 Å². The van der Waals surface area contributed by atoms with Crippen LogP contribution in [0.15, 0.2) is 65.6 Å². The molecule has 1 heterocycles. The van der Waals surface area contributed by atoms with Crippen LogP contribution in [0.1, 0.15) is 15.9 Å². The molecule has 1 aliphatic heterocycles. The first-order chi connectivity index (χ1) is 15.7. The Hall–Kier alpha value is -3.04. The first-order valence-electron chi connectivity index (χ1n) is 9.82. The van der Waals surface area contributed by atoms with E-state index in [-0.39, 0.29) is 39.9 Å². The van der Waals surface area contributed by atoms with Crippen LogP contribution in [0.25, 0.3) is 0 Å². The van der Waals surface area contributed by atoms with E-state index in [0.717, 1.165) is 34.6 Å². The van der Waals surface area contributed by atoms with Gasteiger partial charge in [-0.05, 0) is 54.1 Å². The first kappa shape index (κ1) is 23.1. The lowest BCUT2D eigenvalue weighted by Crippen LogP contribution is -2.44. The topological polar surface area (TPSA) is 63.7 Å². The van der Waals surface area contributed by atoms with Crippen LogP contribution in [0.4, 0.5) is 18.9 Å². The Morgan fingerprint density at radius 1 is 1.09 bits per heavy atom. The quantitative estimate of drug-likeness (QED) is 0.453. The zero-order valence-corrected chi connectivity index (χ0v) is 18.5. The number of benzene rings is 3. The van der Waals surface area contributed by atoms with Gasteiger partial charge < -0.3 is 4.74 Å². The zero-order valence-electron chi connectivity index (χ0n) is 17.0. The van der Waals surface area contributed by atoms with Crippen LogP contribution >= 0.6 is 11.6 Å². The second-order valence-corrected chi connectivity index (χ2v) is 9.65. The van der Waals surface area contributed by atoms with Crippen LogP contribution in [-0.2, 0) is 16.4 Å². The second kappa shape index (κ2) is 9.07. The lowest BCUT2D eigenvalue weighted by molar-refractivity contribution is 0.0989. The number of halogens is 4. The molecule has 0 saturated heterocycles. The molecule has 172 valence electrons. The SMILES string of the molecule is O=C(Cc1ccc2c(c1)N(S(=O)(=O)c1ccc(F)cc1)C[C@H](CF)O2)c1c(F)cccc1Cl. The molecule has 4 rings (SSSR count). The number of carbonyl (C=O) groups excluding carboxylic acids is 1. The fourth-order valence-electron chi connectivity index (χ4n) is 3.55. The minimum Gasteiger partial charge on any atom is -0.484 e. The molecule has 1 atom stereocenters. The molecular weight excluding hydrogens is 479 g/mol. The fraction of sp³-hybridized carbons (Fsp3) is 0.174. The fourth-order valence-corrected chi connectivity index (χ4v) is 5.31. The summed E-state index contributed by atoms with van der Waals surface area (Å²) in [5.41, 5.74) is 0.204. The predicted octanol–water partition coefficient (Wildman–Crippen LogP) is 4.97. The van der Waals surface area contributed by atoms with E-state index in [1.54, 1.807) is 0 Å². The monoisotopic (exact) mass is 495 g/mol. The number of ether oxygens (including phenoxy) is 1. The molecule has 0 aliphatic carbocycles. The summed E-state index contributed by atoms with van der Waals surface area (Å²) in [7, 11) is -4.19. The molecule has 0 N–H and O–H groups in total. The van der Waals surface area contributed by atoms with Gasteiger partial charge in [-0.2, -0.15) is 0 Å². The van der Waals surface area contributed by atoms with Gasteiger partial charge in [-0.3, -0.25) is 9.10 Å². The van der Waals surface area contributed by atoms with Gasteiger partial charge in [0.25, 0.3) is 10.0 Å². The van der Waals surface area contributed by atoms with Gasteiger partial charge in [-0.25, -0.2) is 21.6 Å². The summed E-state index contributed by atoms with van der Waals surface area (Å²) in [6.45, 7) is -1.25. The number of sulfonamides is 1. The Bertz CT molecular complexity index is 1300. The number of alkyl halides is 1. The first-order valence-corrected chi connectivity index (χ1v) is 11.6. The van der Waals surface area contributed by atoms with Gasteiger partial charge in [0.2, 0.25) is 0 Å². The standard InChI is InChI=1S/C23H17ClF3NO4S/c24-18-2-1-3-19(27)23(18)21(29)11-14-4-9-22-20(10-14)28(13-16(12-25)32-22)33(30,31)17-7-5-15(26)6-8-17/h1-10,16H,11-13H2/t16-/m0/s1. The van der Waals surface area contributed by atoms with Gasteiger partial charge in [0.15, 0.2) is 5.78 Å². The molecule has 0 bridgehead atoms. The molecule has 0 aromatic heterocycles. The zero-order chi connectivity index (χ0) is 23.8. The minimum absolute atomic E-state index is 0.0346. The van der Waals surface area contributed by atoms with E-state index in [1.165, 1.54) is 30.3 Å². The van der Waals surface area contributed by atoms with Crippen molar-refractivity contribution in [2.24, 2.45) is 0 Å². The molecule has 0 saturated carbocycles. The molecule has 5 nitrogen and oxygen atoms in total. The van der Waals surface area contributed by atoms with Gasteiger partial charge in [0.1, 0.15) is 30.2 Å². The summed E-state index contributed by atoms with van der Waals surface area (Å²) in [6.07, 6.45) is -1.30. The second-order valence-electron chi connectivity index (χ2n) is 7.38. The third-order valence-corrected chi connectivity index (χ3v) is 7.24. The molecule has 0 unspecified atom stereocenters. The molecule has 33 heavy (non-hydrogen) atoms. The Morgan fingerprint density at radius 3 is 2.48 bits per heavy atom. The van der Waals surface area contributed by atoms with E-state index >= 15 is 0 Å². The summed E-state index contributed by atoms with van der Waals surface area (Å²) in [5.74, 6) is -1.86. The smallest absolute Gasteiger partial charge is 0.264 e. The van der Waals surface area contributed by atoms with Gasteiger partial charge in [-0.15, -0.1) is 0 Å². The highest BCUT2D eigenvalue weighted by molar-refractivity contribution is 7.92. The van der Waals surface area contributed by atoms with E-state index in [0.29, 0.717) is 5.56 Å². The van der Waals surface area contributed by atoms with Gasteiger partial charge in [0.05, 0.1) is 27.7 Å². The molecule has 0 spiro atoms. The number of fused-ring (bicyclic) bond motifs is 1. The average molecular weight is 496 g/mol. The molecule has 3 aromatic rings. The van der Waals surface area contributed by atoms with E-state index < -0.39 is 40.2 Å². The number of ketones is 1. The third-order valence-electron chi connectivity index (χ3n) is 5.14. The van der Waals surface area contributed by atoms with E-state index in [9.17, 15) is 26.4 Å². The molecular formula is C23H17ClF3NO4S. The highest BCUT2D eigenvalue weighted by atomic mass is 35.5. The van der Waals surface area contributed by atoms with Crippen molar-refractivity contribution in [2.45, 2.75) is 17.4 Å². The van der Waals surface area contributed by atoms with E-state index in [1.807, 2.05) is 0 Å². The van der Waals surface area contributed by atoms with Gasteiger partial charge in [-0.1, -0.05) is 23.7 Å². The Labute approximate surface area is 193 Å². The Balaban J connectivity index is 1.72. The highest BCUT2D eigenvalue weighted by Gasteiger charge is 2.35. The molecule has 10 heteroatoms. The molecule has 0 radical (unpaired) electrons. The van der Waals surface area contributed by atoms with Crippen molar-refractivity contribution in [3.8, 4) is 5.75 Å². The normalized spacial score (nSPS) is 15.6. The number of hydrogen-bond acceptors (Lipinski definition) is 4. The van der Waals surface area contributed by atoms with Gasteiger partial charge in [0, 0.05) is 6.42 Å². The molecule has 0 amide bonds. The average Bonchev–Trinajstić information content (AvgIpc) is 2.78. The van der Waals surface area contributed by atoms with Crippen molar-refractivity contribution in [1.82, 2.24) is 0 Å². The number of rotatable bonds is 6. The summed E-state index contributed by atoms with van der Waals surface area (Å²) < 4.78 is 73.9. The maximum atomic E-state index is 14.1. The summed E-state index contributed by atoms with van der Waals surface area (Å²) in [6, 6.07) is 12.5. The predicted molar refractivity (Wildman–Crippen MR) is 117 cm³/mol. The van der Waals surface area contributed by atoms with Crippen molar-refractivity contribution in [2.75, 3.05) is 17.5 Å². The largest absolute Gasteiger partial charge is 0.484 e. The van der Waals surface area contributed by atoms with Crippen LogP contribution < -0.4 is 9.04 Å². The number of Topliss-reactive ketones (excluding diaryl/α,β-unsaturated/α-hetero) is 1. The summed E-state index contributed by atoms with van der Waals surface area (Å²) in [4.78, 5) is 12.5. The summed E-state index contributed by atoms with van der Waals surface area (Å²) in [5, 5.41) is -0.0346. The lowest BCUT2D eigenvalue weighted by Gasteiger charge is -2.34. The van der Waals surface area contributed by atoms with Crippen molar-refractivity contribution in [3.05, 3.63) is 88.4 Å². The number of nitrogens with zero attached hydrogens (tertiary/aromatic N) is 1. The van der Waals surface area contributed by atoms with Crippen molar-refractivity contribution >= 4 is 33.1 Å². The third kappa shape index (κ3) is 4.56. The maximum absolute atomic E-state index is 14.1. The van der Waals surface area contributed by atoms with Crippen LogP contribution in [0, 0.1) is 11.6 Å². The lowest BCUT2D eigenvalue weighted by atomic mass is 10.0. The van der Waals surface area contributed by atoms with Crippen molar-refractivity contribution in [1.29, 1.82) is 0 Å². The number of carbonyl (C=O) groups is 1. The van der Waals surface area contributed by atoms with Crippen LogP contribution in [-0.4, -0.2) is 33.5 Å². The van der Waals surface area contributed by atoms with Crippen LogP contribution in [0.5, 0.6) is 5.75 Å². The van der Waals surface area contributed by atoms with Crippen LogP contribution in [0.2, 0.25) is 5.02 Å². The Morgan fingerprint density at radius 2 is 1.82 bits per heavy atom. The van der Waals surface area contributed by atoms with E-state index in [4.69, 9.17) is 16.3 Å². The summed E-state index contributed by atoms with van der Waals surface area (Å²) >= 11 is 5.97. The van der Waals surface area contributed by atoms with Crippen molar-refractivity contribution < 1.29 is 31.1 Å². The maximum Gasteiger partial charge on any atom is 0.264 e. The molecule has 1 aliphatic rings. The molecule has 3 aromatic carbocycles. The number of hydrogen-bond donors (Lipinski definition) is 0. The van der Waals surface area contributed by atoms with Crippen molar-refractivity contribution in [3.63, 3.8) is 0 Å². The number of anilines is 1. The molecule has 0 fully saturated rings. The minimum atomic E-state index is -4.19. The highest BCUT2D eigenvalue weighted by Crippen LogP contribution is 2.38. The van der Waals surface area contributed by atoms with Gasteiger partial charge >= 0.3 is 0 Å².